The molecule has 0 rings (SSSR count). The zero-order chi connectivity index (χ0) is 68.8. The molecule has 0 aliphatic carbocycles. The highest BCUT2D eigenvalue weighted by Gasteiger charge is 2.01. The van der Waals surface area contributed by atoms with Gasteiger partial charge >= 0.3 is 0 Å². The van der Waals surface area contributed by atoms with Crippen molar-refractivity contribution < 1.29 is 0 Å². The first-order chi connectivity index (χ1) is 46.7. The Hall–Kier alpha value is 0. The second kappa shape index (κ2) is 106. The van der Waals surface area contributed by atoms with E-state index in [0.717, 1.165) is 0 Å². The Morgan fingerprint density at radius 3 is 0.117 bits per heavy atom. The van der Waals surface area contributed by atoms with Crippen molar-refractivity contribution in [2.45, 2.75) is 608 Å². The van der Waals surface area contributed by atoms with Gasteiger partial charge in [0.15, 0.2) is 0 Å². The van der Waals surface area contributed by atoms with Gasteiger partial charge in [0, 0.05) is 0 Å². The molecule has 0 spiro atoms. The Morgan fingerprint density at radius 2 is 0.0851 bits per heavy atom. The zero-order valence-corrected chi connectivity index (χ0v) is 68.8. The molecule has 0 fully saturated rings. The van der Waals surface area contributed by atoms with Gasteiger partial charge in [-0.2, -0.15) is 0 Å². The quantitative estimate of drug-likeness (QED) is 0.0533. The maximum Gasteiger partial charge on any atom is -0.0533 e. The summed E-state index contributed by atoms with van der Waals surface area (Å²) in [4.78, 5) is 0. The second-order valence-corrected chi connectivity index (χ2v) is 31.6. The van der Waals surface area contributed by atoms with Crippen LogP contribution in [0.4, 0.5) is 0 Å². The average Bonchev–Trinajstić information content (AvgIpc) is 3.60. The Kier molecular flexibility index (Phi) is 114. The predicted molar refractivity (Wildman–Crippen MR) is 442 cm³/mol. The molecule has 0 aliphatic rings. The normalized spacial score (nSPS) is 11.2. The van der Waals surface area contributed by atoms with E-state index in [2.05, 4.69) is 55.4 Å². The van der Waals surface area contributed by atoms with E-state index in [9.17, 15) is 0 Å². The van der Waals surface area contributed by atoms with Crippen LogP contribution in [0.3, 0.4) is 0 Å². The minimum Gasteiger partial charge on any atom is -0.0654 e. The molecule has 0 amide bonds. The smallest absolute Gasteiger partial charge is 0.0533 e. The Balaban J connectivity index is -0.000000575. The van der Waals surface area contributed by atoms with Crippen molar-refractivity contribution in [3.05, 3.63) is 0 Å². The third kappa shape index (κ3) is 113. The molecular formula is C94H196. The third-order valence-corrected chi connectivity index (χ3v) is 21.3. The predicted octanol–water partition coefficient (Wildman–Crippen LogP) is 37.7. The van der Waals surface area contributed by atoms with Gasteiger partial charge in [-0.3, -0.25) is 0 Å². The fraction of sp³-hybridized carbons (Fsp3) is 1.00. The molecule has 0 radical (unpaired) electrons. The molecule has 94 heavy (non-hydrogen) atoms. The molecule has 0 aromatic carbocycles. The molecule has 572 valence electrons. The Bertz CT molecular complexity index is 1020. The van der Waals surface area contributed by atoms with Crippen molar-refractivity contribution >= 4 is 0 Å². The van der Waals surface area contributed by atoms with Gasteiger partial charge in [0.2, 0.25) is 0 Å². The van der Waals surface area contributed by atoms with Crippen molar-refractivity contribution in [2.24, 2.45) is 0 Å². The maximum absolute atomic E-state index is 2.30. The molecule has 0 nitrogen and oxygen atoms in total. The van der Waals surface area contributed by atoms with E-state index in [1.54, 1.807) is 0 Å². The van der Waals surface area contributed by atoms with Gasteiger partial charge in [0.05, 0.1) is 0 Å². The van der Waals surface area contributed by atoms with Crippen LogP contribution in [-0.4, -0.2) is 0 Å². The van der Waals surface area contributed by atoms with Crippen molar-refractivity contribution in [1.82, 2.24) is 0 Å². The fourth-order valence-electron chi connectivity index (χ4n) is 14.4. The molecule has 0 heterocycles. The highest BCUT2D eigenvalue weighted by Crippen LogP contribution is 2.21. The van der Waals surface area contributed by atoms with E-state index < -0.39 is 0 Å². The van der Waals surface area contributed by atoms with Crippen molar-refractivity contribution in [3.8, 4) is 0 Å². The van der Waals surface area contributed by atoms with Crippen LogP contribution >= 0.6 is 0 Å². The SMILES string of the molecule is CCCCCCCCCCCCCCCCCCCCCC.CCCCCCCCCCCCCCCCCCCCCCC.CCCCCCCCCCCCCCCCCCCCCCCC.CCCCCCCCCCCCCCCCCCCCCCCCC. The van der Waals surface area contributed by atoms with Gasteiger partial charge in [-0.05, 0) is 0 Å². The lowest BCUT2D eigenvalue weighted by molar-refractivity contribution is 0.519. The average molecular weight is 1330 g/mol. The van der Waals surface area contributed by atoms with Gasteiger partial charge < -0.3 is 0 Å². The van der Waals surface area contributed by atoms with E-state index in [1.165, 1.54) is 552 Å². The summed E-state index contributed by atoms with van der Waals surface area (Å²) in [5.74, 6) is 0. The lowest BCUT2D eigenvalue weighted by Gasteiger charge is -2.04. The minimum absolute atomic E-state index is 1.37. The van der Waals surface area contributed by atoms with Crippen LogP contribution in [0.15, 0.2) is 0 Å². The number of rotatable bonds is 82. The largest absolute Gasteiger partial charge is 0.0654 e. The molecule has 0 saturated carbocycles. The van der Waals surface area contributed by atoms with Crippen LogP contribution < -0.4 is 0 Å². The number of hydrogen-bond donors (Lipinski definition) is 0. The molecule has 0 heteroatoms. The van der Waals surface area contributed by atoms with Gasteiger partial charge in [-0.25, -0.2) is 0 Å². The van der Waals surface area contributed by atoms with Crippen LogP contribution in [-0.2, 0) is 0 Å². The van der Waals surface area contributed by atoms with Gasteiger partial charge in [0.25, 0.3) is 0 Å². The summed E-state index contributed by atoms with van der Waals surface area (Å²) in [7, 11) is 0. The Morgan fingerprint density at radius 1 is 0.0532 bits per heavy atom. The molecule has 0 saturated heterocycles. The molecular weight excluding hydrogens is 1130 g/mol. The monoisotopic (exact) mass is 1330 g/mol. The molecule has 0 aromatic heterocycles. The highest BCUT2D eigenvalue weighted by molar-refractivity contribution is 4.57. The van der Waals surface area contributed by atoms with Crippen molar-refractivity contribution in [1.29, 1.82) is 0 Å². The first-order valence-corrected chi connectivity index (χ1v) is 46.7. The van der Waals surface area contributed by atoms with Crippen LogP contribution in [0.1, 0.15) is 608 Å². The minimum atomic E-state index is 1.37. The summed E-state index contributed by atoms with van der Waals surface area (Å²) in [6.07, 6.45) is 127. The van der Waals surface area contributed by atoms with Gasteiger partial charge in [0.1, 0.15) is 0 Å². The van der Waals surface area contributed by atoms with Crippen LogP contribution in [0, 0.1) is 0 Å². The first-order valence-electron chi connectivity index (χ1n) is 46.7. The lowest BCUT2D eigenvalue weighted by Crippen LogP contribution is -1.84. The van der Waals surface area contributed by atoms with Gasteiger partial charge in [-0.15, -0.1) is 0 Å². The standard InChI is InChI=1S/C25H52.C24H50.C23H48.C22H46/c1-3-5-7-9-11-13-15-17-19-21-23-25-24-22-20-18-16-14-12-10-8-6-4-2;1-3-5-7-9-11-13-15-17-19-21-23-24-22-20-18-16-14-12-10-8-6-4-2;1-3-5-7-9-11-13-15-17-19-21-23-22-20-18-16-14-12-10-8-6-4-2;1-3-5-7-9-11-13-15-17-19-21-22-20-18-16-14-12-10-8-6-4-2/h3-25H2,1-2H3;3-24H2,1-2H3;3-23H2,1-2H3;3-22H2,1-2H3. The van der Waals surface area contributed by atoms with Crippen molar-refractivity contribution in [2.75, 3.05) is 0 Å². The molecule has 0 unspecified atom stereocenters. The van der Waals surface area contributed by atoms with E-state index >= 15 is 0 Å². The summed E-state index contributed by atoms with van der Waals surface area (Å²) in [5, 5.41) is 0. The molecule has 0 atom stereocenters. The first kappa shape index (κ1) is 100. The zero-order valence-electron chi connectivity index (χ0n) is 68.8. The Labute approximate surface area is 604 Å². The summed E-state index contributed by atoms with van der Waals surface area (Å²) >= 11 is 0. The molecule has 0 bridgehead atoms. The van der Waals surface area contributed by atoms with E-state index in [0.29, 0.717) is 0 Å². The maximum atomic E-state index is 2.30. The highest BCUT2D eigenvalue weighted by atomic mass is 14.1. The molecule has 0 aliphatic heterocycles. The summed E-state index contributed by atoms with van der Waals surface area (Å²) in [6.45, 7) is 18.4. The van der Waals surface area contributed by atoms with Crippen LogP contribution in [0.25, 0.3) is 0 Å². The summed E-state index contributed by atoms with van der Waals surface area (Å²) < 4.78 is 0. The van der Waals surface area contributed by atoms with Gasteiger partial charge in [-0.1, -0.05) is 608 Å². The molecule has 0 N–H and O–H groups in total. The van der Waals surface area contributed by atoms with E-state index in [-0.39, 0.29) is 0 Å². The van der Waals surface area contributed by atoms with Crippen molar-refractivity contribution in [3.63, 3.8) is 0 Å². The number of hydrogen-bond acceptors (Lipinski definition) is 0. The van der Waals surface area contributed by atoms with E-state index in [1.807, 2.05) is 0 Å². The molecule has 0 aromatic rings. The third-order valence-electron chi connectivity index (χ3n) is 21.3. The number of unbranched alkanes of at least 4 members (excludes halogenated alkanes) is 82. The summed E-state index contributed by atoms with van der Waals surface area (Å²) in [6, 6.07) is 0. The topological polar surface area (TPSA) is 0 Å². The van der Waals surface area contributed by atoms with E-state index in [4.69, 9.17) is 0 Å². The fourth-order valence-corrected chi connectivity index (χ4v) is 14.4. The summed E-state index contributed by atoms with van der Waals surface area (Å²) in [5.41, 5.74) is 0. The van der Waals surface area contributed by atoms with Crippen LogP contribution in [0.2, 0.25) is 0 Å². The van der Waals surface area contributed by atoms with Crippen LogP contribution in [0.5, 0.6) is 0 Å². The second-order valence-electron chi connectivity index (χ2n) is 31.6. The lowest BCUT2D eigenvalue weighted by atomic mass is 10.0.